The van der Waals surface area contributed by atoms with E-state index in [2.05, 4.69) is 52.4 Å². The van der Waals surface area contributed by atoms with Gasteiger partial charge in [-0.1, -0.05) is 48.2 Å². The molecule has 2 N–H and O–H groups in total. The van der Waals surface area contributed by atoms with Crippen molar-refractivity contribution in [1.29, 1.82) is 0 Å². The number of hydrogen-bond acceptors (Lipinski definition) is 3. The first-order valence-corrected chi connectivity index (χ1v) is 10.8. The fraction of sp³-hybridized carbons (Fsp3) is 0.423. The molecule has 4 heteroatoms. The van der Waals surface area contributed by atoms with Crippen LogP contribution in [0.5, 0.6) is 0 Å². The smallest absolute Gasteiger partial charge is 0.251 e. The number of rotatable bonds is 6. The minimum atomic E-state index is -1.05. The molecule has 1 atom stereocenters. The van der Waals surface area contributed by atoms with Crippen molar-refractivity contribution in [2.75, 3.05) is 19.6 Å². The molecule has 1 amide bonds. The van der Waals surface area contributed by atoms with E-state index in [1.54, 1.807) is 19.9 Å². The topological polar surface area (TPSA) is 52.6 Å². The van der Waals surface area contributed by atoms with Gasteiger partial charge < -0.3 is 15.3 Å². The summed E-state index contributed by atoms with van der Waals surface area (Å²) in [5.74, 6) is 5.67. The number of aliphatic hydroxyl groups is 1. The third-order valence-corrected chi connectivity index (χ3v) is 5.26. The zero-order valence-electron chi connectivity index (χ0n) is 18.0. The fourth-order valence-corrected chi connectivity index (χ4v) is 3.76. The zero-order chi connectivity index (χ0) is 21.4. The van der Waals surface area contributed by atoms with Crippen molar-refractivity contribution >= 4 is 5.91 Å². The van der Waals surface area contributed by atoms with Crippen molar-refractivity contribution in [2.24, 2.45) is 0 Å². The Morgan fingerprint density at radius 3 is 2.77 bits per heavy atom. The maximum absolute atomic E-state index is 12.7. The van der Waals surface area contributed by atoms with Crippen molar-refractivity contribution in [3.8, 4) is 11.8 Å². The molecule has 0 aromatic heterocycles. The number of amides is 1. The van der Waals surface area contributed by atoms with Crippen LogP contribution in [0.4, 0.5) is 0 Å². The van der Waals surface area contributed by atoms with E-state index in [-0.39, 0.29) is 11.9 Å². The number of likely N-dealkylation sites (tertiary alicyclic amines) is 1. The predicted molar refractivity (Wildman–Crippen MR) is 121 cm³/mol. The molecule has 0 bridgehead atoms. The number of hydrogen-bond donors (Lipinski definition) is 2. The Kier molecular flexibility index (Phi) is 7.68. The van der Waals surface area contributed by atoms with Gasteiger partial charge in [0.05, 0.1) is 0 Å². The van der Waals surface area contributed by atoms with E-state index in [0.29, 0.717) is 5.56 Å². The van der Waals surface area contributed by atoms with Gasteiger partial charge in [0.2, 0.25) is 0 Å². The Morgan fingerprint density at radius 1 is 1.20 bits per heavy atom. The molecule has 158 valence electrons. The third-order valence-electron chi connectivity index (χ3n) is 5.26. The summed E-state index contributed by atoms with van der Waals surface area (Å²) in [6.07, 6.45) is 4.34. The van der Waals surface area contributed by atoms with Crippen LogP contribution in [-0.2, 0) is 6.42 Å². The van der Waals surface area contributed by atoms with Crippen LogP contribution in [0.25, 0.3) is 0 Å². The van der Waals surface area contributed by atoms with Gasteiger partial charge in [0, 0.05) is 23.7 Å². The van der Waals surface area contributed by atoms with Crippen LogP contribution >= 0.6 is 0 Å². The van der Waals surface area contributed by atoms with Crippen molar-refractivity contribution in [3.05, 3.63) is 71.3 Å². The van der Waals surface area contributed by atoms with Gasteiger partial charge in [-0.05, 0) is 76.4 Å². The van der Waals surface area contributed by atoms with Crippen molar-refractivity contribution in [1.82, 2.24) is 10.2 Å². The predicted octanol–water partition coefficient (Wildman–Crippen LogP) is 3.64. The molecule has 0 saturated carbocycles. The second-order valence-corrected chi connectivity index (χ2v) is 8.59. The Labute approximate surface area is 180 Å². The number of carbonyl (C=O) groups is 1. The van der Waals surface area contributed by atoms with Crippen molar-refractivity contribution < 1.29 is 9.90 Å². The molecule has 0 spiro atoms. The van der Waals surface area contributed by atoms with E-state index in [1.165, 1.54) is 5.56 Å². The van der Waals surface area contributed by atoms with Gasteiger partial charge >= 0.3 is 0 Å². The largest absolute Gasteiger partial charge is 0.378 e. The number of benzene rings is 2. The standard InChI is InChI=1S/C26H32N2O2/c1-26(2,30)16-15-22-11-6-13-23(19-22)25(29)27-24-14-8-18-28(20-24)17-7-12-21-9-4-3-5-10-21/h3-6,9-11,13,19,24,30H,7-8,12,14,17-18,20H2,1-2H3,(H,27,29). The lowest BCUT2D eigenvalue weighted by Crippen LogP contribution is -2.47. The van der Waals surface area contributed by atoms with E-state index < -0.39 is 5.60 Å². The first-order valence-electron chi connectivity index (χ1n) is 10.8. The molecule has 30 heavy (non-hydrogen) atoms. The molecule has 1 fully saturated rings. The van der Waals surface area contributed by atoms with E-state index in [1.807, 2.05) is 18.2 Å². The van der Waals surface area contributed by atoms with E-state index in [9.17, 15) is 9.90 Å². The summed E-state index contributed by atoms with van der Waals surface area (Å²) in [6.45, 7) is 6.35. The second-order valence-electron chi connectivity index (χ2n) is 8.59. The van der Waals surface area contributed by atoms with Gasteiger partial charge in [0.1, 0.15) is 5.60 Å². The molecule has 1 aliphatic rings. The summed E-state index contributed by atoms with van der Waals surface area (Å²) in [4.78, 5) is 15.2. The fourth-order valence-electron chi connectivity index (χ4n) is 3.76. The van der Waals surface area contributed by atoms with Gasteiger partial charge in [0.15, 0.2) is 0 Å². The van der Waals surface area contributed by atoms with Crippen LogP contribution in [-0.4, -0.2) is 47.2 Å². The summed E-state index contributed by atoms with van der Waals surface area (Å²) in [7, 11) is 0. The molecule has 1 aliphatic heterocycles. The Hall–Kier alpha value is -2.61. The SMILES string of the molecule is CC(C)(O)C#Cc1cccc(C(=O)NC2CCCN(CCCc3ccccc3)C2)c1. The van der Waals surface area contributed by atoms with E-state index in [0.717, 1.165) is 50.9 Å². The average molecular weight is 405 g/mol. The van der Waals surface area contributed by atoms with Crippen molar-refractivity contribution in [3.63, 3.8) is 0 Å². The lowest BCUT2D eigenvalue weighted by atomic mass is 10.0. The lowest BCUT2D eigenvalue weighted by Gasteiger charge is -2.33. The number of nitrogens with one attached hydrogen (secondary N) is 1. The molecule has 1 unspecified atom stereocenters. The van der Waals surface area contributed by atoms with Crippen molar-refractivity contribution in [2.45, 2.75) is 51.2 Å². The molecular weight excluding hydrogens is 372 g/mol. The van der Waals surface area contributed by atoms with Crippen LogP contribution in [0.2, 0.25) is 0 Å². The number of nitrogens with zero attached hydrogens (tertiary/aromatic N) is 1. The van der Waals surface area contributed by atoms with E-state index in [4.69, 9.17) is 0 Å². The number of carbonyl (C=O) groups excluding carboxylic acids is 1. The Morgan fingerprint density at radius 2 is 2.00 bits per heavy atom. The van der Waals surface area contributed by atoms with Crippen LogP contribution < -0.4 is 5.32 Å². The summed E-state index contributed by atoms with van der Waals surface area (Å²) in [5, 5.41) is 13.0. The molecule has 0 aliphatic carbocycles. The quantitative estimate of drug-likeness (QED) is 0.723. The first kappa shape index (κ1) is 22.1. The van der Waals surface area contributed by atoms with Gasteiger partial charge in [-0.15, -0.1) is 0 Å². The number of aryl methyl sites for hydroxylation is 1. The average Bonchev–Trinajstić information content (AvgIpc) is 2.73. The lowest BCUT2D eigenvalue weighted by molar-refractivity contribution is 0.0903. The third kappa shape index (κ3) is 7.33. The molecular formula is C26H32N2O2. The molecule has 1 heterocycles. The Balaban J connectivity index is 1.50. The highest BCUT2D eigenvalue weighted by molar-refractivity contribution is 5.94. The van der Waals surface area contributed by atoms with Crippen LogP contribution in [0.1, 0.15) is 54.6 Å². The van der Waals surface area contributed by atoms with Gasteiger partial charge in [-0.2, -0.15) is 0 Å². The highest BCUT2D eigenvalue weighted by atomic mass is 16.3. The monoisotopic (exact) mass is 404 g/mol. The Bertz CT molecular complexity index is 890. The van der Waals surface area contributed by atoms with Gasteiger partial charge in [0.25, 0.3) is 5.91 Å². The number of piperidine rings is 1. The van der Waals surface area contributed by atoms with Crippen LogP contribution in [0, 0.1) is 11.8 Å². The highest BCUT2D eigenvalue weighted by Crippen LogP contribution is 2.13. The normalized spacial score (nSPS) is 17.1. The second kappa shape index (κ2) is 10.4. The van der Waals surface area contributed by atoms with Gasteiger partial charge in [-0.25, -0.2) is 0 Å². The molecule has 2 aromatic carbocycles. The molecule has 0 radical (unpaired) electrons. The first-order chi connectivity index (χ1) is 14.4. The molecule has 4 nitrogen and oxygen atoms in total. The minimum absolute atomic E-state index is 0.0574. The minimum Gasteiger partial charge on any atom is -0.378 e. The summed E-state index contributed by atoms with van der Waals surface area (Å²) in [5.41, 5.74) is 1.67. The van der Waals surface area contributed by atoms with E-state index >= 15 is 0 Å². The molecule has 3 rings (SSSR count). The summed E-state index contributed by atoms with van der Waals surface area (Å²) >= 11 is 0. The van der Waals surface area contributed by atoms with Crippen LogP contribution in [0.15, 0.2) is 54.6 Å². The molecule has 1 saturated heterocycles. The molecule has 2 aromatic rings. The van der Waals surface area contributed by atoms with Crippen LogP contribution in [0.3, 0.4) is 0 Å². The van der Waals surface area contributed by atoms with Gasteiger partial charge in [-0.3, -0.25) is 4.79 Å². The zero-order valence-corrected chi connectivity index (χ0v) is 18.0. The highest BCUT2D eigenvalue weighted by Gasteiger charge is 2.21. The maximum atomic E-state index is 12.7. The summed E-state index contributed by atoms with van der Waals surface area (Å²) in [6, 6.07) is 18.1. The maximum Gasteiger partial charge on any atom is 0.251 e. The summed E-state index contributed by atoms with van der Waals surface area (Å²) < 4.78 is 0.